The maximum Gasteiger partial charge on any atom is 0.0406 e. The SMILES string of the molecule is CCC(CC)CNC(c1ccc(Cl)cc1)C(C)C. The van der Waals surface area contributed by atoms with Gasteiger partial charge in [-0.2, -0.15) is 0 Å². The quantitative estimate of drug-likeness (QED) is 0.728. The van der Waals surface area contributed by atoms with E-state index in [1.807, 2.05) is 12.1 Å². The Bertz CT molecular complexity index is 327. The predicted octanol–water partition coefficient (Wildman–Crippen LogP) is 5.06. The second-order valence-corrected chi connectivity index (χ2v) is 5.80. The first-order valence-electron chi connectivity index (χ1n) is 7.07. The third kappa shape index (κ3) is 4.62. The molecule has 1 nitrogen and oxygen atoms in total. The van der Waals surface area contributed by atoms with E-state index in [0.717, 1.165) is 17.5 Å². The Morgan fingerprint density at radius 1 is 1.06 bits per heavy atom. The van der Waals surface area contributed by atoms with Gasteiger partial charge in [-0.25, -0.2) is 0 Å². The van der Waals surface area contributed by atoms with E-state index in [4.69, 9.17) is 11.6 Å². The first kappa shape index (κ1) is 15.5. The van der Waals surface area contributed by atoms with Gasteiger partial charge in [0.1, 0.15) is 0 Å². The van der Waals surface area contributed by atoms with Crippen LogP contribution in [-0.4, -0.2) is 6.54 Å². The lowest BCUT2D eigenvalue weighted by Crippen LogP contribution is -2.30. The van der Waals surface area contributed by atoms with Crippen molar-refractivity contribution < 1.29 is 0 Å². The van der Waals surface area contributed by atoms with E-state index < -0.39 is 0 Å². The van der Waals surface area contributed by atoms with Gasteiger partial charge in [0.05, 0.1) is 0 Å². The van der Waals surface area contributed by atoms with Gasteiger partial charge in [0.15, 0.2) is 0 Å². The molecule has 1 aromatic rings. The second-order valence-electron chi connectivity index (χ2n) is 5.36. The lowest BCUT2D eigenvalue weighted by Gasteiger charge is -2.25. The molecule has 0 aliphatic carbocycles. The molecule has 0 bridgehead atoms. The molecule has 0 fully saturated rings. The molecule has 18 heavy (non-hydrogen) atoms. The van der Waals surface area contributed by atoms with Crippen LogP contribution in [-0.2, 0) is 0 Å². The second kappa shape index (κ2) is 7.81. The van der Waals surface area contributed by atoms with Gasteiger partial charge in [-0.1, -0.05) is 64.3 Å². The van der Waals surface area contributed by atoms with Crippen LogP contribution in [0.5, 0.6) is 0 Å². The lowest BCUT2D eigenvalue weighted by atomic mass is 9.94. The van der Waals surface area contributed by atoms with Crippen molar-refractivity contribution in [1.82, 2.24) is 5.32 Å². The van der Waals surface area contributed by atoms with Gasteiger partial charge in [-0.3, -0.25) is 0 Å². The molecule has 0 heterocycles. The van der Waals surface area contributed by atoms with Crippen molar-refractivity contribution in [2.45, 2.75) is 46.6 Å². The van der Waals surface area contributed by atoms with Gasteiger partial charge >= 0.3 is 0 Å². The molecule has 1 rings (SSSR count). The summed E-state index contributed by atoms with van der Waals surface area (Å²) in [5, 5.41) is 4.52. The topological polar surface area (TPSA) is 12.0 Å². The van der Waals surface area contributed by atoms with E-state index in [0.29, 0.717) is 12.0 Å². The van der Waals surface area contributed by atoms with Gasteiger partial charge < -0.3 is 5.32 Å². The van der Waals surface area contributed by atoms with Crippen LogP contribution in [0.2, 0.25) is 5.02 Å². The van der Waals surface area contributed by atoms with Gasteiger partial charge in [0, 0.05) is 11.1 Å². The number of halogens is 1. The molecule has 1 aromatic carbocycles. The molecule has 0 saturated heterocycles. The minimum atomic E-state index is 0.419. The van der Waals surface area contributed by atoms with Crippen molar-refractivity contribution in [3.05, 3.63) is 34.9 Å². The maximum absolute atomic E-state index is 5.95. The molecular formula is C16H26ClN. The third-order valence-corrected chi connectivity index (χ3v) is 3.93. The van der Waals surface area contributed by atoms with Crippen LogP contribution in [0.25, 0.3) is 0 Å². The molecule has 0 aliphatic rings. The normalized spacial score (nSPS) is 13.3. The van der Waals surface area contributed by atoms with Crippen molar-refractivity contribution in [1.29, 1.82) is 0 Å². The van der Waals surface area contributed by atoms with Gasteiger partial charge in [0.2, 0.25) is 0 Å². The molecule has 0 spiro atoms. The first-order chi connectivity index (χ1) is 8.58. The van der Waals surface area contributed by atoms with Crippen LogP contribution < -0.4 is 5.32 Å². The van der Waals surface area contributed by atoms with Gasteiger partial charge in [0.25, 0.3) is 0 Å². The summed E-state index contributed by atoms with van der Waals surface area (Å²) in [5.74, 6) is 1.36. The highest BCUT2D eigenvalue weighted by molar-refractivity contribution is 6.30. The molecular weight excluding hydrogens is 242 g/mol. The fourth-order valence-electron chi connectivity index (χ4n) is 2.28. The largest absolute Gasteiger partial charge is 0.309 e. The monoisotopic (exact) mass is 267 g/mol. The van der Waals surface area contributed by atoms with Crippen LogP contribution in [0.1, 0.15) is 52.1 Å². The molecule has 0 aromatic heterocycles. The molecule has 1 atom stereocenters. The molecule has 0 radical (unpaired) electrons. The molecule has 102 valence electrons. The number of nitrogens with one attached hydrogen (secondary N) is 1. The highest BCUT2D eigenvalue weighted by Crippen LogP contribution is 2.23. The highest BCUT2D eigenvalue weighted by Gasteiger charge is 2.16. The fourth-order valence-corrected chi connectivity index (χ4v) is 2.41. The van der Waals surface area contributed by atoms with E-state index in [2.05, 4.69) is 45.1 Å². The zero-order chi connectivity index (χ0) is 13.5. The molecule has 0 aliphatic heterocycles. The average molecular weight is 268 g/mol. The summed E-state index contributed by atoms with van der Waals surface area (Å²) in [6.07, 6.45) is 2.49. The maximum atomic E-state index is 5.95. The Balaban J connectivity index is 2.68. The zero-order valence-electron chi connectivity index (χ0n) is 12.0. The average Bonchev–Trinajstić information content (AvgIpc) is 2.36. The number of rotatable bonds is 7. The Kier molecular flexibility index (Phi) is 6.73. The number of hydrogen-bond donors (Lipinski definition) is 1. The van der Waals surface area contributed by atoms with Crippen LogP contribution >= 0.6 is 11.6 Å². The third-order valence-electron chi connectivity index (χ3n) is 3.68. The van der Waals surface area contributed by atoms with E-state index in [1.54, 1.807) is 0 Å². The summed E-state index contributed by atoms with van der Waals surface area (Å²) in [7, 11) is 0. The molecule has 0 saturated carbocycles. The Morgan fingerprint density at radius 3 is 2.06 bits per heavy atom. The first-order valence-corrected chi connectivity index (χ1v) is 7.45. The van der Waals surface area contributed by atoms with E-state index >= 15 is 0 Å². The van der Waals surface area contributed by atoms with Crippen LogP contribution in [0.4, 0.5) is 0 Å². The summed E-state index contributed by atoms with van der Waals surface area (Å²) in [4.78, 5) is 0. The Labute approximate surface area is 117 Å². The van der Waals surface area contributed by atoms with Gasteiger partial charge in [-0.15, -0.1) is 0 Å². The van der Waals surface area contributed by atoms with Crippen LogP contribution in [0.3, 0.4) is 0 Å². The highest BCUT2D eigenvalue weighted by atomic mass is 35.5. The summed E-state index contributed by atoms with van der Waals surface area (Å²) >= 11 is 5.95. The van der Waals surface area contributed by atoms with Crippen molar-refractivity contribution in [2.75, 3.05) is 6.54 Å². The summed E-state index contributed by atoms with van der Waals surface area (Å²) in [6.45, 7) is 10.2. The van der Waals surface area contributed by atoms with Crippen LogP contribution in [0, 0.1) is 11.8 Å². The molecule has 1 unspecified atom stereocenters. The number of hydrogen-bond acceptors (Lipinski definition) is 1. The molecule has 2 heteroatoms. The Morgan fingerprint density at radius 2 is 1.61 bits per heavy atom. The van der Waals surface area contributed by atoms with E-state index in [1.165, 1.54) is 18.4 Å². The minimum absolute atomic E-state index is 0.419. The number of benzene rings is 1. The van der Waals surface area contributed by atoms with Crippen molar-refractivity contribution in [2.24, 2.45) is 11.8 Å². The smallest absolute Gasteiger partial charge is 0.0406 e. The zero-order valence-corrected chi connectivity index (χ0v) is 12.8. The minimum Gasteiger partial charge on any atom is -0.309 e. The summed E-state index contributed by atoms with van der Waals surface area (Å²) < 4.78 is 0. The summed E-state index contributed by atoms with van der Waals surface area (Å²) in [5.41, 5.74) is 1.33. The van der Waals surface area contributed by atoms with Crippen molar-refractivity contribution >= 4 is 11.6 Å². The lowest BCUT2D eigenvalue weighted by molar-refractivity contribution is 0.358. The van der Waals surface area contributed by atoms with Gasteiger partial charge in [-0.05, 0) is 36.1 Å². The van der Waals surface area contributed by atoms with Crippen LogP contribution in [0.15, 0.2) is 24.3 Å². The molecule has 1 N–H and O–H groups in total. The summed E-state index contributed by atoms with van der Waals surface area (Å²) in [6, 6.07) is 8.64. The fraction of sp³-hybridized carbons (Fsp3) is 0.625. The predicted molar refractivity (Wildman–Crippen MR) is 81.1 cm³/mol. The molecule has 0 amide bonds. The Hall–Kier alpha value is -0.530. The van der Waals surface area contributed by atoms with E-state index in [9.17, 15) is 0 Å². The van der Waals surface area contributed by atoms with E-state index in [-0.39, 0.29) is 0 Å². The van der Waals surface area contributed by atoms with Crippen molar-refractivity contribution in [3.63, 3.8) is 0 Å². The standard InChI is InChI=1S/C16H26ClN/c1-5-13(6-2)11-18-16(12(3)4)14-7-9-15(17)10-8-14/h7-10,12-13,16,18H,5-6,11H2,1-4H3. The van der Waals surface area contributed by atoms with Crippen molar-refractivity contribution in [3.8, 4) is 0 Å².